The molecule has 31 heavy (non-hydrogen) atoms. The Kier molecular flexibility index (Phi) is 5.94. The van der Waals surface area contributed by atoms with Crippen LogP contribution < -0.4 is 9.47 Å². The maximum absolute atomic E-state index is 13.1. The topological polar surface area (TPSA) is 102 Å². The monoisotopic (exact) mass is 449 g/mol. The summed E-state index contributed by atoms with van der Waals surface area (Å²) in [4.78, 5) is 14.8. The lowest BCUT2D eigenvalue weighted by molar-refractivity contribution is -0.135. The van der Waals surface area contributed by atoms with Crippen LogP contribution in [0.15, 0.2) is 27.6 Å². The molecule has 0 spiro atoms. The lowest BCUT2D eigenvalue weighted by atomic mass is 9.98. The first-order valence-electron chi connectivity index (χ1n) is 10.3. The van der Waals surface area contributed by atoms with Crippen molar-refractivity contribution in [1.82, 2.24) is 14.4 Å². The molecule has 10 heteroatoms. The zero-order valence-corrected chi connectivity index (χ0v) is 18.8. The van der Waals surface area contributed by atoms with Crippen LogP contribution in [0.2, 0.25) is 0 Å². The molecule has 0 saturated carbocycles. The average molecular weight is 450 g/mol. The number of hydrogen-bond donors (Lipinski definition) is 0. The third kappa shape index (κ3) is 4.27. The van der Waals surface area contributed by atoms with Crippen molar-refractivity contribution in [2.75, 3.05) is 33.4 Å². The number of hydrogen-bond acceptors (Lipinski definition) is 7. The number of benzene rings is 1. The van der Waals surface area contributed by atoms with E-state index in [4.69, 9.17) is 14.0 Å². The van der Waals surface area contributed by atoms with Gasteiger partial charge in [-0.1, -0.05) is 11.2 Å². The Labute approximate surface area is 181 Å². The number of amides is 1. The summed E-state index contributed by atoms with van der Waals surface area (Å²) in [5.74, 6) is 1.18. The van der Waals surface area contributed by atoms with Crippen LogP contribution in [0.3, 0.4) is 0 Å². The molecule has 0 aliphatic carbocycles. The molecule has 2 aliphatic rings. The predicted octanol–water partition coefficient (Wildman–Crippen LogP) is 2.12. The zero-order chi connectivity index (χ0) is 22.2. The minimum Gasteiger partial charge on any atom is -0.486 e. The summed E-state index contributed by atoms with van der Waals surface area (Å²) in [5.41, 5.74) is 1.26. The fourth-order valence-corrected chi connectivity index (χ4v) is 6.00. The van der Waals surface area contributed by atoms with E-state index in [9.17, 15) is 13.2 Å². The molecule has 1 unspecified atom stereocenters. The van der Waals surface area contributed by atoms with Gasteiger partial charge < -0.3 is 18.9 Å². The largest absolute Gasteiger partial charge is 0.486 e. The molecule has 1 fully saturated rings. The zero-order valence-electron chi connectivity index (χ0n) is 18.0. The minimum absolute atomic E-state index is 0.0754. The lowest BCUT2D eigenvalue weighted by Crippen LogP contribution is -2.45. The first-order valence-corrected chi connectivity index (χ1v) is 11.8. The summed E-state index contributed by atoms with van der Waals surface area (Å²) in [6.07, 6.45) is 1.27. The Bertz CT molecular complexity index is 1060. The van der Waals surface area contributed by atoms with E-state index in [-0.39, 0.29) is 23.1 Å². The van der Waals surface area contributed by atoms with Gasteiger partial charge in [-0.2, -0.15) is 4.31 Å². The molecule has 1 saturated heterocycles. The Hall–Kier alpha value is -2.59. The normalized spacial score (nSPS) is 19.3. The highest BCUT2D eigenvalue weighted by atomic mass is 32.2. The Balaban J connectivity index is 1.45. The number of carbonyl (C=O) groups is 1. The van der Waals surface area contributed by atoms with Gasteiger partial charge in [0.1, 0.15) is 23.8 Å². The van der Waals surface area contributed by atoms with E-state index in [1.165, 1.54) is 4.31 Å². The summed E-state index contributed by atoms with van der Waals surface area (Å²) >= 11 is 0. The first kappa shape index (κ1) is 21.6. The maximum Gasteiger partial charge on any atom is 0.248 e. The van der Waals surface area contributed by atoms with Gasteiger partial charge in [0, 0.05) is 26.7 Å². The smallest absolute Gasteiger partial charge is 0.248 e. The van der Waals surface area contributed by atoms with Gasteiger partial charge >= 0.3 is 0 Å². The van der Waals surface area contributed by atoms with E-state index in [2.05, 4.69) is 5.16 Å². The van der Waals surface area contributed by atoms with Gasteiger partial charge in [0.05, 0.1) is 5.92 Å². The van der Waals surface area contributed by atoms with E-state index < -0.39 is 15.9 Å². The molecular weight excluding hydrogens is 422 g/mol. The number of piperidine rings is 1. The number of fused-ring (bicyclic) bond motifs is 1. The second-order valence-corrected chi connectivity index (χ2v) is 9.90. The molecule has 1 amide bonds. The van der Waals surface area contributed by atoms with Crippen molar-refractivity contribution in [3.8, 4) is 11.5 Å². The van der Waals surface area contributed by atoms with Crippen LogP contribution in [0, 0.1) is 19.8 Å². The van der Waals surface area contributed by atoms with Gasteiger partial charge in [0.15, 0.2) is 17.3 Å². The molecule has 3 heterocycles. The Morgan fingerprint density at radius 2 is 1.97 bits per heavy atom. The van der Waals surface area contributed by atoms with E-state index in [1.807, 2.05) is 18.2 Å². The van der Waals surface area contributed by atoms with Crippen molar-refractivity contribution in [2.24, 2.45) is 5.92 Å². The van der Waals surface area contributed by atoms with E-state index in [0.29, 0.717) is 56.3 Å². The Morgan fingerprint density at radius 3 is 2.68 bits per heavy atom. The van der Waals surface area contributed by atoms with Gasteiger partial charge in [-0.15, -0.1) is 0 Å². The summed E-state index contributed by atoms with van der Waals surface area (Å²) in [6.45, 7) is 5.15. The van der Waals surface area contributed by atoms with E-state index >= 15 is 0 Å². The predicted molar refractivity (Wildman–Crippen MR) is 111 cm³/mol. The van der Waals surface area contributed by atoms with Crippen molar-refractivity contribution in [3.05, 3.63) is 35.2 Å². The highest BCUT2D eigenvalue weighted by Crippen LogP contribution is 2.32. The quantitative estimate of drug-likeness (QED) is 0.689. The first-order chi connectivity index (χ1) is 14.8. The molecule has 2 aliphatic heterocycles. The van der Waals surface area contributed by atoms with E-state index in [1.54, 1.807) is 25.8 Å². The number of aromatic nitrogens is 1. The van der Waals surface area contributed by atoms with Crippen molar-refractivity contribution in [2.45, 2.75) is 38.1 Å². The van der Waals surface area contributed by atoms with Crippen LogP contribution >= 0.6 is 0 Å². The number of carbonyl (C=O) groups excluding carboxylic acids is 1. The highest BCUT2D eigenvalue weighted by molar-refractivity contribution is 7.89. The van der Waals surface area contributed by atoms with Gasteiger partial charge in [-0.05, 0) is 44.4 Å². The summed E-state index contributed by atoms with van der Waals surface area (Å²) in [7, 11) is -2.03. The fraction of sp³-hybridized carbons (Fsp3) is 0.524. The molecule has 0 bridgehead atoms. The van der Waals surface area contributed by atoms with Gasteiger partial charge in [-0.3, -0.25) is 4.79 Å². The molecule has 0 N–H and O–H groups in total. The molecule has 1 atom stereocenters. The molecule has 1 aromatic carbocycles. The van der Waals surface area contributed by atoms with Crippen LogP contribution in [0.5, 0.6) is 11.5 Å². The molecular formula is C21H27N3O6S. The minimum atomic E-state index is -3.77. The molecule has 1 aromatic heterocycles. The molecule has 168 valence electrons. The molecule has 2 aromatic rings. The van der Waals surface area contributed by atoms with Gasteiger partial charge in [-0.25, -0.2) is 8.42 Å². The van der Waals surface area contributed by atoms with Crippen molar-refractivity contribution < 1.29 is 27.2 Å². The highest BCUT2D eigenvalue weighted by Gasteiger charge is 2.37. The Morgan fingerprint density at radius 1 is 1.23 bits per heavy atom. The van der Waals surface area contributed by atoms with Crippen molar-refractivity contribution >= 4 is 15.9 Å². The van der Waals surface area contributed by atoms with Crippen LogP contribution in [-0.2, 0) is 21.4 Å². The second kappa shape index (κ2) is 8.51. The summed E-state index contributed by atoms with van der Waals surface area (Å²) in [5, 5.41) is 3.76. The van der Waals surface area contributed by atoms with Crippen LogP contribution in [0.4, 0.5) is 0 Å². The van der Waals surface area contributed by atoms with Crippen molar-refractivity contribution in [1.29, 1.82) is 0 Å². The third-order valence-electron chi connectivity index (χ3n) is 5.70. The van der Waals surface area contributed by atoms with E-state index in [0.717, 1.165) is 5.56 Å². The van der Waals surface area contributed by atoms with Crippen LogP contribution in [-0.4, -0.2) is 62.0 Å². The number of aryl methyl sites for hydroxylation is 2. The number of sulfonamides is 1. The number of ether oxygens (including phenoxy) is 2. The van der Waals surface area contributed by atoms with Crippen LogP contribution in [0.1, 0.15) is 29.9 Å². The number of nitrogens with zero attached hydrogens (tertiary/aromatic N) is 3. The molecule has 4 rings (SSSR count). The SMILES string of the molecule is Cc1noc(C)c1S(=O)(=O)N1CCCC(C(=O)N(C)Cc2ccc3c(c2)OCCO3)C1. The average Bonchev–Trinajstić information content (AvgIpc) is 3.11. The lowest BCUT2D eigenvalue weighted by Gasteiger charge is -2.33. The summed E-state index contributed by atoms with van der Waals surface area (Å²) in [6, 6.07) is 5.64. The maximum atomic E-state index is 13.1. The number of rotatable bonds is 5. The van der Waals surface area contributed by atoms with Gasteiger partial charge in [0.2, 0.25) is 15.9 Å². The van der Waals surface area contributed by atoms with Gasteiger partial charge in [0.25, 0.3) is 0 Å². The van der Waals surface area contributed by atoms with Crippen LogP contribution in [0.25, 0.3) is 0 Å². The molecule has 0 radical (unpaired) electrons. The summed E-state index contributed by atoms with van der Waals surface area (Å²) < 4.78 is 43.8. The third-order valence-corrected chi connectivity index (χ3v) is 7.81. The van der Waals surface area contributed by atoms with Crippen molar-refractivity contribution in [3.63, 3.8) is 0 Å². The fourth-order valence-electron chi connectivity index (χ4n) is 4.18. The molecule has 9 nitrogen and oxygen atoms in total. The second-order valence-electron chi connectivity index (χ2n) is 8.03. The standard InChI is InChI=1S/C21H27N3O6S/c1-14-20(15(2)30-22-14)31(26,27)24-8-4-5-17(13-24)21(25)23(3)12-16-6-7-18-19(11-16)29-10-9-28-18/h6-7,11,17H,4-5,8-10,12-13H2,1-3H3.